The number of nitrogens with zero attached hydrogens (tertiary/aromatic N) is 4. The van der Waals surface area contributed by atoms with Crippen molar-refractivity contribution in [1.82, 2.24) is 19.7 Å². The van der Waals surface area contributed by atoms with Gasteiger partial charge in [0, 0.05) is 36.1 Å². The first-order chi connectivity index (χ1) is 14.8. The summed E-state index contributed by atoms with van der Waals surface area (Å²) in [5.74, 6) is 0.583. The Morgan fingerprint density at radius 3 is 2.58 bits per heavy atom. The van der Waals surface area contributed by atoms with E-state index in [1.807, 2.05) is 17.5 Å². The van der Waals surface area contributed by atoms with Crippen molar-refractivity contribution in [1.29, 1.82) is 0 Å². The molecule has 1 aliphatic rings. The van der Waals surface area contributed by atoms with Gasteiger partial charge in [-0.3, -0.25) is 9.69 Å². The smallest absolute Gasteiger partial charge is 0.288 e. The average molecular weight is 458 g/mol. The molecule has 0 atom stereocenters. The van der Waals surface area contributed by atoms with Crippen LogP contribution in [0, 0.1) is 10.8 Å². The van der Waals surface area contributed by atoms with Crippen LogP contribution in [0.3, 0.4) is 0 Å². The molecule has 7 nitrogen and oxygen atoms in total. The Morgan fingerprint density at radius 2 is 1.97 bits per heavy atom. The molecule has 3 heterocycles. The van der Waals surface area contributed by atoms with Crippen LogP contribution in [0.15, 0.2) is 40.3 Å². The van der Waals surface area contributed by atoms with E-state index >= 15 is 0 Å². The summed E-state index contributed by atoms with van der Waals surface area (Å²) in [6, 6.07) is 8.26. The molecule has 1 fully saturated rings. The van der Waals surface area contributed by atoms with Crippen molar-refractivity contribution >= 4 is 34.6 Å². The highest BCUT2D eigenvalue weighted by atomic mass is 32.1. The van der Waals surface area contributed by atoms with Gasteiger partial charge in [-0.25, -0.2) is 9.67 Å². The highest BCUT2D eigenvalue weighted by molar-refractivity contribution is 7.71. The Labute approximate surface area is 191 Å². The fourth-order valence-corrected chi connectivity index (χ4v) is 4.35. The standard InChI is InChI=1S/C22H27N5O2S2/c1-22(2,3)17-6-4-16(5-7-17)19-25-27(21(30)29-19)14-26-11-8-15(9-12-26)18(28)24-20-23-10-13-31-20/h4-7,10,13,15H,8-9,11-12,14H2,1-3H3,(H,23,24,28). The Kier molecular flexibility index (Phi) is 6.36. The van der Waals surface area contributed by atoms with Gasteiger partial charge >= 0.3 is 0 Å². The fourth-order valence-electron chi connectivity index (χ4n) is 3.64. The van der Waals surface area contributed by atoms with Crippen LogP contribution in [0.1, 0.15) is 39.2 Å². The summed E-state index contributed by atoms with van der Waals surface area (Å²) in [6.45, 7) is 8.74. The Bertz CT molecular complexity index is 1070. The number of likely N-dealkylation sites (tertiary alicyclic amines) is 1. The molecule has 164 valence electrons. The normalized spacial score (nSPS) is 15.8. The average Bonchev–Trinajstić information content (AvgIpc) is 3.38. The molecule has 0 radical (unpaired) electrons. The summed E-state index contributed by atoms with van der Waals surface area (Å²) >= 11 is 6.83. The third-order valence-electron chi connectivity index (χ3n) is 5.56. The zero-order chi connectivity index (χ0) is 22.0. The summed E-state index contributed by atoms with van der Waals surface area (Å²) in [4.78, 5) is 19.1. The Balaban J connectivity index is 1.35. The van der Waals surface area contributed by atoms with Gasteiger partial charge in [-0.1, -0.05) is 32.9 Å². The van der Waals surface area contributed by atoms with E-state index in [2.05, 4.69) is 53.2 Å². The number of benzene rings is 1. The van der Waals surface area contributed by atoms with Crippen LogP contribution in [0.4, 0.5) is 5.13 Å². The number of hydrogen-bond acceptors (Lipinski definition) is 7. The molecule has 0 spiro atoms. The molecule has 1 aliphatic heterocycles. The lowest BCUT2D eigenvalue weighted by Crippen LogP contribution is -2.39. The van der Waals surface area contributed by atoms with Gasteiger partial charge in [0.25, 0.3) is 4.84 Å². The predicted molar refractivity (Wildman–Crippen MR) is 125 cm³/mol. The van der Waals surface area contributed by atoms with Crippen molar-refractivity contribution in [2.45, 2.75) is 45.7 Å². The van der Waals surface area contributed by atoms with Crippen molar-refractivity contribution in [3.05, 3.63) is 46.2 Å². The number of nitrogens with one attached hydrogen (secondary N) is 1. The maximum absolute atomic E-state index is 12.4. The summed E-state index contributed by atoms with van der Waals surface area (Å²) in [7, 11) is 0. The van der Waals surface area contributed by atoms with Crippen molar-refractivity contribution < 1.29 is 9.21 Å². The number of aromatic nitrogens is 3. The zero-order valence-electron chi connectivity index (χ0n) is 18.0. The molecule has 1 N–H and O–H groups in total. The quantitative estimate of drug-likeness (QED) is 0.547. The van der Waals surface area contributed by atoms with Gasteiger partial charge in [-0.05, 0) is 48.2 Å². The van der Waals surface area contributed by atoms with Gasteiger partial charge in [0.15, 0.2) is 5.13 Å². The van der Waals surface area contributed by atoms with Crippen molar-refractivity contribution in [2.75, 3.05) is 18.4 Å². The van der Waals surface area contributed by atoms with Gasteiger partial charge in [0.2, 0.25) is 11.8 Å². The van der Waals surface area contributed by atoms with E-state index in [1.165, 1.54) is 16.9 Å². The molecule has 0 saturated carbocycles. The summed E-state index contributed by atoms with van der Waals surface area (Å²) in [5, 5.41) is 10.00. The topological polar surface area (TPSA) is 76.2 Å². The van der Waals surface area contributed by atoms with Crippen molar-refractivity contribution in [3.8, 4) is 11.5 Å². The number of amides is 1. The largest absolute Gasteiger partial charge is 0.409 e. The molecule has 1 saturated heterocycles. The van der Waals surface area contributed by atoms with Crippen LogP contribution in [0.2, 0.25) is 0 Å². The van der Waals surface area contributed by atoms with E-state index in [1.54, 1.807) is 10.9 Å². The second-order valence-corrected chi connectivity index (χ2v) is 10.1. The minimum atomic E-state index is 0.00215. The van der Waals surface area contributed by atoms with Crippen molar-refractivity contribution in [3.63, 3.8) is 0 Å². The number of anilines is 1. The maximum atomic E-state index is 12.4. The third kappa shape index (κ3) is 5.28. The lowest BCUT2D eigenvalue weighted by atomic mass is 9.87. The molecule has 1 aromatic carbocycles. The molecular weight excluding hydrogens is 430 g/mol. The van der Waals surface area contributed by atoms with Crippen LogP contribution in [-0.4, -0.2) is 38.7 Å². The molecule has 0 aliphatic carbocycles. The number of hydrogen-bond donors (Lipinski definition) is 1. The van der Waals surface area contributed by atoms with E-state index in [-0.39, 0.29) is 17.2 Å². The second-order valence-electron chi connectivity index (χ2n) is 8.86. The second kappa shape index (κ2) is 9.02. The predicted octanol–water partition coefficient (Wildman–Crippen LogP) is 4.93. The molecule has 31 heavy (non-hydrogen) atoms. The van der Waals surface area contributed by atoms with Crippen LogP contribution >= 0.6 is 23.6 Å². The van der Waals surface area contributed by atoms with Gasteiger partial charge in [-0.15, -0.1) is 16.4 Å². The number of carbonyl (C=O) groups excluding carboxylic acids is 1. The Hall–Kier alpha value is -2.36. The molecule has 3 aromatic rings. The highest BCUT2D eigenvalue weighted by Gasteiger charge is 2.26. The first-order valence-corrected chi connectivity index (χ1v) is 11.7. The van der Waals surface area contributed by atoms with Crippen LogP contribution < -0.4 is 5.32 Å². The molecule has 4 rings (SSSR count). The lowest BCUT2D eigenvalue weighted by molar-refractivity contribution is -0.121. The summed E-state index contributed by atoms with van der Waals surface area (Å²) < 4.78 is 7.48. The number of piperidine rings is 1. The van der Waals surface area contributed by atoms with E-state index in [9.17, 15) is 4.79 Å². The van der Waals surface area contributed by atoms with Gasteiger partial charge < -0.3 is 9.73 Å². The fraction of sp³-hybridized carbons (Fsp3) is 0.455. The van der Waals surface area contributed by atoms with Crippen LogP contribution in [0.5, 0.6) is 0 Å². The summed E-state index contributed by atoms with van der Waals surface area (Å²) in [5.41, 5.74) is 2.27. The van der Waals surface area contributed by atoms with E-state index in [4.69, 9.17) is 16.6 Å². The minimum Gasteiger partial charge on any atom is -0.409 e. The number of thiazole rings is 1. The first kappa shape index (κ1) is 21.9. The van der Waals surface area contributed by atoms with E-state index in [0.717, 1.165) is 31.5 Å². The van der Waals surface area contributed by atoms with Crippen LogP contribution in [-0.2, 0) is 16.9 Å². The first-order valence-electron chi connectivity index (χ1n) is 10.4. The molecule has 1 amide bonds. The number of rotatable bonds is 5. The van der Waals surface area contributed by atoms with E-state index < -0.39 is 0 Å². The number of carbonyl (C=O) groups is 1. The lowest BCUT2D eigenvalue weighted by Gasteiger charge is -2.30. The monoisotopic (exact) mass is 457 g/mol. The molecule has 9 heteroatoms. The molecule has 0 bridgehead atoms. The SMILES string of the molecule is CC(C)(C)c1ccc(-c2nn(CN3CCC(C(=O)Nc4nccs4)CC3)c(=S)o2)cc1. The van der Waals surface area contributed by atoms with E-state index in [0.29, 0.717) is 22.5 Å². The highest BCUT2D eigenvalue weighted by Crippen LogP contribution is 2.26. The van der Waals surface area contributed by atoms with Gasteiger partial charge in [0.05, 0.1) is 6.67 Å². The molecule has 2 aromatic heterocycles. The minimum absolute atomic E-state index is 0.00215. The molecular formula is C22H27N5O2S2. The van der Waals surface area contributed by atoms with Gasteiger partial charge in [-0.2, -0.15) is 0 Å². The zero-order valence-corrected chi connectivity index (χ0v) is 19.6. The molecule has 0 unspecified atom stereocenters. The van der Waals surface area contributed by atoms with Gasteiger partial charge in [0.1, 0.15) is 0 Å². The Morgan fingerprint density at radius 1 is 1.26 bits per heavy atom. The van der Waals surface area contributed by atoms with Crippen molar-refractivity contribution in [2.24, 2.45) is 5.92 Å². The van der Waals surface area contributed by atoms with Crippen LogP contribution in [0.25, 0.3) is 11.5 Å². The summed E-state index contributed by atoms with van der Waals surface area (Å²) in [6.07, 6.45) is 3.28. The third-order valence-corrected chi connectivity index (χ3v) is 6.54. The maximum Gasteiger partial charge on any atom is 0.288 e.